The Kier molecular flexibility index (Phi) is 4.55. The molecular weight excluding hydrogens is 288 g/mol. The van der Waals surface area contributed by atoms with E-state index in [1.807, 2.05) is 41.3 Å². The first kappa shape index (κ1) is 14.5. The maximum atomic E-state index is 9.73. The van der Waals surface area contributed by atoms with Gasteiger partial charge in [-0.15, -0.1) is 0 Å². The van der Waals surface area contributed by atoms with Crippen LogP contribution in [-0.2, 0) is 6.54 Å². The number of hydrogen-bond donors (Lipinski definition) is 3. The van der Waals surface area contributed by atoms with Crippen molar-refractivity contribution in [1.82, 2.24) is 20.4 Å². The Morgan fingerprint density at radius 2 is 2.14 bits per heavy atom. The first-order valence-corrected chi connectivity index (χ1v) is 7.49. The number of aromatic nitrogens is 2. The number of halogens is 1. The molecule has 6 heteroatoms. The van der Waals surface area contributed by atoms with Gasteiger partial charge in [0.25, 0.3) is 0 Å². The summed E-state index contributed by atoms with van der Waals surface area (Å²) in [5.74, 6) is 0.288. The highest BCUT2D eigenvalue weighted by molar-refractivity contribution is 6.30. The van der Waals surface area contributed by atoms with Crippen LogP contribution in [-0.4, -0.2) is 40.6 Å². The van der Waals surface area contributed by atoms with Gasteiger partial charge in [-0.3, -0.25) is 0 Å². The molecule has 2 aromatic rings. The van der Waals surface area contributed by atoms with E-state index in [1.165, 1.54) is 0 Å². The number of aliphatic hydroxyl groups is 1. The number of nitrogens with one attached hydrogen (secondary N) is 2. The molecule has 1 aromatic carbocycles. The summed E-state index contributed by atoms with van der Waals surface area (Å²) in [5.41, 5.74) is 2.10. The first-order valence-electron chi connectivity index (χ1n) is 7.11. The van der Waals surface area contributed by atoms with Crippen molar-refractivity contribution in [1.29, 1.82) is 0 Å². The summed E-state index contributed by atoms with van der Waals surface area (Å²) in [4.78, 5) is 0. The molecule has 0 spiro atoms. The number of nitrogens with zero attached hydrogens (tertiary/aromatic N) is 2. The van der Waals surface area contributed by atoms with Crippen molar-refractivity contribution in [2.24, 2.45) is 5.92 Å². The van der Waals surface area contributed by atoms with Gasteiger partial charge in [-0.25, -0.2) is 4.68 Å². The highest BCUT2D eigenvalue weighted by Gasteiger charge is 2.23. The molecule has 3 N–H and O–H groups in total. The van der Waals surface area contributed by atoms with E-state index >= 15 is 0 Å². The lowest BCUT2D eigenvalue weighted by molar-refractivity contribution is 0.146. The second-order valence-electron chi connectivity index (χ2n) is 5.39. The first-order chi connectivity index (χ1) is 10.2. The van der Waals surface area contributed by atoms with E-state index in [9.17, 15) is 5.11 Å². The van der Waals surface area contributed by atoms with Gasteiger partial charge >= 0.3 is 0 Å². The molecule has 21 heavy (non-hydrogen) atoms. The summed E-state index contributed by atoms with van der Waals surface area (Å²) >= 11 is 5.88. The highest BCUT2D eigenvalue weighted by Crippen LogP contribution is 2.13. The van der Waals surface area contributed by atoms with Crippen molar-refractivity contribution < 1.29 is 5.11 Å². The number of hydrogen-bond acceptors (Lipinski definition) is 4. The number of aliphatic hydroxyl groups excluding tert-OH is 1. The molecule has 1 saturated heterocycles. The van der Waals surface area contributed by atoms with Gasteiger partial charge in [-0.1, -0.05) is 11.6 Å². The quantitative estimate of drug-likeness (QED) is 0.777. The van der Waals surface area contributed by atoms with E-state index in [0.29, 0.717) is 6.54 Å². The molecule has 2 heterocycles. The number of rotatable bonds is 5. The molecule has 5 nitrogen and oxygen atoms in total. The molecule has 1 aliphatic rings. The van der Waals surface area contributed by atoms with Crippen molar-refractivity contribution in [2.75, 3.05) is 19.6 Å². The predicted molar refractivity (Wildman–Crippen MR) is 82.6 cm³/mol. The molecule has 3 rings (SSSR count). The SMILES string of the molecule is OC1CNCC1CNCc1cnn(-c2ccc(Cl)cc2)c1. The zero-order valence-corrected chi connectivity index (χ0v) is 12.4. The molecule has 0 bridgehead atoms. The lowest BCUT2D eigenvalue weighted by Crippen LogP contribution is -2.30. The predicted octanol–water partition coefficient (Wildman–Crippen LogP) is 1.20. The number of benzene rings is 1. The lowest BCUT2D eigenvalue weighted by Gasteiger charge is -2.13. The summed E-state index contributed by atoms with van der Waals surface area (Å²) in [6.07, 6.45) is 3.61. The second kappa shape index (κ2) is 6.58. The largest absolute Gasteiger partial charge is 0.391 e. The molecule has 0 saturated carbocycles. The maximum absolute atomic E-state index is 9.73. The number of β-amino-alcohol motifs (C(OH)–C–C–N with tert-alkyl or cyclic N) is 1. The molecule has 0 radical (unpaired) electrons. The van der Waals surface area contributed by atoms with Gasteiger partial charge in [-0.2, -0.15) is 5.10 Å². The van der Waals surface area contributed by atoms with Gasteiger partial charge in [0.2, 0.25) is 0 Å². The monoisotopic (exact) mass is 306 g/mol. The molecular formula is C15H19ClN4O. The zero-order valence-electron chi connectivity index (χ0n) is 11.7. The Morgan fingerprint density at radius 1 is 1.33 bits per heavy atom. The molecule has 1 aromatic heterocycles. The lowest BCUT2D eigenvalue weighted by atomic mass is 10.1. The van der Waals surface area contributed by atoms with Crippen LogP contribution < -0.4 is 10.6 Å². The standard InChI is InChI=1S/C15H19ClN4O/c16-13-1-3-14(4-2-13)20-10-11(6-19-20)5-17-7-12-8-18-9-15(12)21/h1-4,6,10,12,15,17-18,21H,5,7-9H2. The van der Waals surface area contributed by atoms with Crippen LogP contribution in [0, 0.1) is 5.92 Å². The minimum atomic E-state index is -0.241. The molecule has 112 valence electrons. The molecule has 2 unspecified atom stereocenters. The van der Waals surface area contributed by atoms with Gasteiger partial charge in [-0.05, 0) is 24.3 Å². The topological polar surface area (TPSA) is 62.1 Å². The van der Waals surface area contributed by atoms with E-state index in [-0.39, 0.29) is 12.0 Å². The van der Waals surface area contributed by atoms with E-state index in [1.54, 1.807) is 0 Å². The van der Waals surface area contributed by atoms with Gasteiger partial charge in [0.05, 0.1) is 18.0 Å². The van der Waals surface area contributed by atoms with Crippen LogP contribution in [0.5, 0.6) is 0 Å². The third-order valence-electron chi connectivity index (χ3n) is 3.77. The second-order valence-corrected chi connectivity index (χ2v) is 5.82. The third-order valence-corrected chi connectivity index (χ3v) is 4.02. The fraction of sp³-hybridized carbons (Fsp3) is 0.400. The van der Waals surface area contributed by atoms with Gasteiger partial charge in [0.15, 0.2) is 0 Å². The zero-order chi connectivity index (χ0) is 14.7. The van der Waals surface area contributed by atoms with Crippen molar-refractivity contribution >= 4 is 11.6 Å². The molecule has 0 amide bonds. The van der Waals surface area contributed by atoms with Crippen molar-refractivity contribution in [3.05, 3.63) is 47.2 Å². The van der Waals surface area contributed by atoms with Crippen LogP contribution in [0.15, 0.2) is 36.7 Å². The normalized spacial score (nSPS) is 21.8. The fourth-order valence-electron chi connectivity index (χ4n) is 2.52. The molecule has 2 atom stereocenters. The van der Waals surface area contributed by atoms with Gasteiger partial charge in [0, 0.05) is 48.9 Å². The van der Waals surface area contributed by atoms with Crippen LogP contribution in [0.2, 0.25) is 5.02 Å². The van der Waals surface area contributed by atoms with E-state index < -0.39 is 0 Å². The molecule has 1 aliphatic heterocycles. The van der Waals surface area contributed by atoms with E-state index in [2.05, 4.69) is 15.7 Å². The van der Waals surface area contributed by atoms with Gasteiger partial charge in [0.1, 0.15) is 0 Å². The Bertz CT molecular complexity index is 584. The van der Waals surface area contributed by atoms with Crippen LogP contribution in [0.4, 0.5) is 0 Å². The van der Waals surface area contributed by atoms with Gasteiger partial charge < -0.3 is 15.7 Å². The average Bonchev–Trinajstić information content (AvgIpc) is 3.10. The summed E-state index contributed by atoms with van der Waals surface area (Å²) in [7, 11) is 0. The van der Waals surface area contributed by atoms with Crippen LogP contribution >= 0.6 is 11.6 Å². The van der Waals surface area contributed by atoms with Crippen LogP contribution in [0.25, 0.3) is 5.69 Å². The minimum absolute atomic E-state index is 0.241. The average molecular weight is 307 g/mol. The van der Waals surface area contributed by atoms with Crippen molar-refractivity contribution in [2.45, 2.75) is 12.6 Å². The summed E-state index contributed by atoms with van der Waals surface area (Å²) in [6.45, 7) is 3.12. The Balaban J connectivity index is 1.54. The summed E-state index contributed by atoms with van der Waals surface area (Å²) in [5, 5.41) is 21.4. The maximum Gasteiger partial charge on any atom is 0.0716 e. The fourth-order valence-corrected chi connectivity index (χ4v) is 2.64. The van der Waals surface area contributed by atoms with Crippen molar-refractivity contribution in [3.63, 3.8) is 0 Å². The van der Waals surface area contributed by atoms with E-state index in [0.717, 1.165) is 35.9 Å². The Hall–Kier alpha value is -1.40. The van der Waals surface area contributed by atoms with Crippen LogP contribution in [0.3, 0.4) is 0 Å². The Labute approximate surface area is 128 Å². The highest BCUT2D eigenvalue weighted by atomic mass is 35.5. The third kappa shape index (κ3) is 3.63. The Morgan fingerprint density at radius 3 is 2.86 bits per heavy atom. The molecule has 0 aliphatic carbocycles. The van der Waals surface area contributed by atoms with Crippen LogP contribution in [0.1, 0.15) is 5.56 Å². The summed E-state index contributed by atoms with van der Waals surface area (Å²) in [6, 6.07) is 7.58. The summed E-state index contributed by atoms with van der Waals surface area (Å²) < 4.78 is 1.83. The minimum Gasteiger partial charge on any atom is -0.391 e. The van der Waals surface area contributed by atoms with Crippen molar-refractivity contribution in [3.8, 4) is 5.69 Å². The smallest absolute Gasteiger partial charge is 0.0716 e. The van der Waals surface area contributed by atoms with E-state index in [4.69, 9.17) is 11.6 Å². The molecule has 1 fully saturated rings.